The average Bonchev–Trinajstić information content (AvgIpc) is 2.63. The predicted molar refractivity (Wildman–Crippen MR) is 102 cm³/mol. The number of nitrogens with zero attached hydrogens (tertiary/aromatic N) is 2. The second kappa shape index (κ2) is 6.11. The van der Waals surface area contributed by atoms with E-state index in [1.54, 1.807) is 24.4 Å². The van der Waals surface area contributed by atoms with Gasteiger partial charge in [0.2, 0.25) is 0 Å². The summed E-state index contributed by atoms with van der Waals surface area (Å²) in [6, 6.07) is 12.8. The Kier molecular flexibility index (Phi) is 3.77. The molecule has 0 aliphatic rings. The van der Waals surface area contributed by atoms with Gasteiger partial charge >= 0.3 is 0 Å². The lowest BCUT2D eigenvalue weighted by Gasteiger charge is -2.11. The van der Waals surface area contributed by atoms with Gasteiger partial charge < -0.3 is 10.1 Å². The lowest BCUT2D eigenvalue weighted by atomic mass is 10.00. The zero-order valence-corrected chi connectivity index (χ0v) is 14.4. The molecule has 3 aromatic heterocycles. The van der Waals surface area contributed by atoms with Gasteiger partial charge in [-0.1, -0.05) is 6.07 Å². The highest BCUT2D eigenvalue weighted by Crippen LogP contribution is 2.33. The number of aromatic nitrogens is 3. The van der Waals surface area contributed by atoms with E-state index < -0.39 is 0 Å². The monoisotopic (exact) mass is 343 g/mol. The van der Waals surface area contributed by atoms with Gasteiger partial charge in [-0.05, 0) is 55.3 Å². The van der Waals surface area contributed by atoms with E-state index >= 15 is 0 Å². The fraction of sp³-hybridized carbons (Fsp3) is 0.0952. The number of nitrogens with one attached hydrogen (secondary N) is 1. The number of hydrogen-bond donors (Lipinski definition) is 2. The van der Waals surface area contributed by atoms with Crippen molar-refractivity contribution in [1.29, 1.82) is 0 Å². The molecule has 0 bridgehead atoms. The van der Waals surface area contributed by atoms with Crippen molar-refractivity contribution in [3.8, 4) is 28.3 Å². The Hall–Kier alpha value is -3.47. The molecule has 0 fully saturated rings. The van der Waals surface area contributed by atoms with E-state index in [9.17, 15) is 9.90 Å². The van der Waals surface area contributed by atoms with Crippen molar-refractivity contribution in [3.63, 3.8) is 0 Å². The van der Waals surface area contributed by atoms with Gasteiger partial charge in [0.15, 0.2) is 0 Å². The maximum absolute atomic E-state index is 12.2. The van der Waals surface area contributed by atoms with Crippen molar-refractivity contribution in [2.75, 3.05) is 0 Å². The molecule has 0 atom stereocenters. The molecule has 0 unspecified atom stereocenters. The Balaban J connectivity index is 2.07. The maximum Gasteiger partial charge on any atom is 0.257 e. The standard InChI is InChI=1S/C21H17N3O2/c1-12-5-6-17(23-11-12)16-9-18(14-4-3-7-22-21(14)26)24-19-10-20(25)13(2)8-15(16)19/h3-11,25H,1-2H3,(H,22,26). The average molecular weight is 343 g/mol. The largest absolute Gasteiger partial charge is 0.508 e. The SMILES string of the molecule is Cc1ccc(-c2cc(-c3ccc[nH]c3=O)nc3cc(O)c(C)cc23)nc1. The summed E-state index contributed by atoms with van der Waals surface area (Å²) in [6.45, 7) is 3.83. The van der Waals surface area contributed by atoms with E-state index in [1.807, 2.05) is 44.3 Å². The summed E-state index contributed by atoms with van der Waals surface area (Å²) < 4.78 is 0. The highest BCUT2D eigenvalue weighted by atomic mass is 16.3. The van der Waals surface area contributed by atoms with Crippen LogP contribution >= 0.6 is 0 Å². The summed E-state index contributed by atoms with van der Waals surface area (Å²) in [7, 11) is 0. The van der Waals surface area contributed by atoms with Crippen LogP contribution in [0.5, 0.6) is 5.75 Å². The van der Waals surface area contributed by atoms with Crippen LogP contribution in [0.1, 0.15) is 11.1 Å². The van der Waals surface area contributed by atoms with Crippen molar-refractivity contribution < 1.29 is 5.11 Å². The number of hydrogen-bond acceptors (Lipinski definition) is 4. The number of aryl methyl sites for hydroxylation is 2. The fourth-order valence-corrected chi connectivity index (χ4v) is 2.97. The normalized spacial score (nSPS) is 11.0. The molecule has 26 heavy (non-hydrogen) atoms. The summed E-state index contributed by atoms with van der Waals surface area (Å²) in [6.07, 6.45) is 3.40. The molecule has 0 amide bonds. The second-order valence-electron chi connectivity index (χ2n) is 6.34. The molecule has 0 aliphatic heterocycles. The molecule has 4 rings (SSSR count). The molecule has 5 nitrogen and oxygen atoms in total. The molecular formula is C21H17N3O2. The van der Waals surface area contributed by atoms with Gasteiger partial charge in [-0.3, -0.25) is 9.78 Å². The molecule has 5 heteroatoms. The number of benzene rings is 1. The smallest absolute Gasteiger partial charge is 0.257 e. The van der Waals surface area contributed by atoms with Crippen LogP contribution in [0.4, 0.5) is 0 Å². The lowest BCUT2D eigenvalue weighted by molar-refractivity contribution is 0.472. The predicted octanol–water partition coefficient (Wildman–Crippen LogP) is 3.97. The second-order valence-corrected chi connectivity index (χ2v) is 6.34. The number of phenolic OH excluding ortho intramolecular Hbond substituents is 1. The number of aromatic hydroxyl groups is 1. The minimum Gasteiger partial charge on any atom is -0.508 e. The summed E-state index contributed by atoms with van der Waals surface area (Å²) in [4.78, 5) is 24.0. The van der Waals surface area contributed by atoms with Crippen LogP contribution in [0.2, 0.25) is 0 Å². The molecular weight excluding hydrogens is 326 g/mol. The van der Waals surface area contributed by atoms with Crippen LogP contribution in [0, 0.1) is 13.8 Å². The summed E-state index contributed by atoms with van der Waals surface area (Å²) in [5.74, 6) is 0.173. The highest BCUT2D eigenvalue weighted by molar-refractivity contribution is 5.97. The van der Waals surface area contributed by atoms with Crippen LogP contribution < -0.4 is 5.56 Å². The minimum atomic E-state index is -0.210. The molecule has 1 aromatic carbocycles. The first-order valence-corrected chi connectivity index (χ1v) is 8.28. The third kappa shape index (κ3) is 2.73. The minimum absolute atomic E-state index is 0.173. The molecule has 0 spiro atoms. The van der Waals surface area contributed by atoms with Crippen LogP contribution in [0.25, 0.3) is 33.4 Å². The van der Waals surface area contributed by atoms with Crippen molar-refractivity contribution in [3.05, 3.63) is 76.3 Å². The molecule has 4 aromatic rings. The van der Waals surface area contributed by atoms with Crippen molar-refractivity contribution in [2.45, 2.75) is 13.8 Å². The third-order valence-corrected chi connectivity index (χ3v) is 4.41. The van der Waals surface area contributed by atoms with E-state index in [4.69, 9.17) is 0 Å². The first-order valence-electron chi connectivity index (χ1n) is 8.28. The number of aromatic amines is 1. The van der Waals surface area contributed by atoms with E-state index in [0.29, 0.717) is 16.8 Å². The summed E-state index contributed by atoms with van der Waals surface area (Å²) in [5, 5.41) is 11.0. The quantitative estimate of drug-likeness (QED) is 0.577. The van der Waals surface area contributed by atoms with Gasteiger partial charge in [0, 0.05) is 29.4 Å². The van der Waals surface area contributed by atoms with Gasteiger partial charge in [0.05, 0.1) is 22.5 Å². The summed E-state index contributed by atoms with van der Waals surface area (Å²) in [5.41, 5.74) is 4.92. The van der Waals surface area contributed by atoms with Crippen LogP contribution in [0.3, 0.4) is 0 Å². The molecule has 0 radical (unpaired) electrons. The van der Waals surface area contributed by atoms with Crippen molar-refractivity contribution in [1.82, 2.24) is 15.0 Å². The molecule has 0 saturated heterocycles. The molecule has 128 valence electrons. The number of phenols is 1. The number of pyridine rings is 3. The number of H-pyrrole nitrogens is 1. The zero-order valence-electron chi connectivity index (χ0n) is 14.4. The molecule has 3 heterocycles. The molecule has 0 saturated carbocycles. The zero-order chi connectivity index (χ0) is 18.3. The number of rotatable bonds is 2. The van der Waals surface area contributed by atoms with Gasteiger partial charge in [0.1, 0.15) is 5.75 Å². The van der Waals surface area contributed by atoms with Gasteiger partial charge in [0.25, 0.3) is 5.56 Å². The highest BCUT2D eigenvalue weighted by Gasteiger charge is 2.14. The first kappa shape index (κ1) is 16.0. The topological polar surface area (TPSA) is 78.9 Å². The van der Waals surface area contributed by atoms with Gasteiger partial charge in [-0.15, -0.1) is 0 Å². The van der Waals surface area contributed by atoms with Crippen LogP contribution in [-0.2, 0) is 0 Å². The molecule has 0 aliphatic carbocycles. The van der Waals surface area contributed by atoms with E-state index in [0.717, 1.165) is 27.8 Å². The third-order valence-electron chi connectivity index (χ3n) is 4.41. The maximum atomic E-state index is 12.2. The van der Waals surface area contributed by atoms with E-state index in [2.05, 4.69) is 15.0 Å². The number of fused-ring (bicyclic) bond motifs is 1. The Morgan fingerprint density at radius 3 is 2.58 bits per heavy atom. The Bertz CT molecular complexity index is 1180. The Morgan fingerprint density at radius 2 is 1.85 bits per heavy atom. The van der Waals surface area contributed by atoms with E-state index in [-0.39, 0.29) is 11.3 Å². The van der Waals surface area contributed by atoms with E-state index in [1.165, 1.54) is 0 Å². The summed E-state index contributed by atoms with van der Waals surface area (Å²) >= 11 is 0. The van der Waals surface area contributed by atoms with Gasteiger partial charge in [-0.25, -0.2) is 4.98 Å². The molecule has 2 N–H and O–H groups in total. The Morgan fingerprint density at radius 1 is 1.00 bits per heavy atom. The lowest BCUT2D eigenvalue weighted by Crippen LogP contribution is -2.08. The van der Waals surface area contributed by atoms with Crippen molar-refractivity contribution in [2.24, 2.45) is 0 Å². The Labute approximate surface area is 150 Å². The first-order chi connectivity index (χ1) is 12.5. The van der Waals surface area contributed by atoms with Crippen LogP contribution in [-0.4, -0.2) is 20.1 Å². The van der Waals surface area contributed by atoms with Gasteiger partial charge in [-0.2, -0.15) is 0 Å². The van der Waals surface area contributed by atoms with Crippen LogP contribution in [0.15, 0.2) is 59.7 Å². The fourth-order valence-electron chi connectivity index (χ4n) is 2.97. The van der Waals surface area contributed by atoms with Crippen molar-refractivity contribution >= 4 is 10.9 Å².